The molecule has 3 heteroatoms. The molecule has 0 aromatic carbocycles. The average Bonchev–Trinajstić information content (AvgIpc) is 2.25. The minimum Gasteiger partial charge on any atom is -0.329 e. The molecule has 84 valence electrons. The van der Waals surface area contributed by atoms with E-state index in [-0.39, 0.29) is 0 Å². The predicted molar refractivity (Wildman–Crippen MR) is 63.7 cm³/mol. The molecule has 0 saturated carbocycles. The van der Waals surface area contributed by atoms with Crippen molar-refractivity contribution in [2.75, 3.05) is 19.6 Å². The number of nitrogens with zero attached hydrogens (tertiary/aromatic N) is 2. The fraction of sp³-hybridized carbons (Fsp3) is 0.583. The van der Waals surface area contributed by atoms with Gasteiger partial charge in [0.25, 0.3) is 0 Å². The normalized spacial score (nSPS) is 11.3. The Bertz CT molecular complexity index is 259. The molecule has 1 aromatic rings. The molecule has 0 aliphatic heterocycles. The number of pyridine rings is 1. The van der Waals surface area contributed by atoms with Crippen molar-refractivity contribution in [2.45, 2.75) is 26.3 Å². The first kappa shape index (κ1) is 12.1. The fourth-order valence-corrected chi connectivity index (χ4v) is 1.61. The second-order valence-corrected chi connectivity index (χ2v) is 4.03. The summed E-state index contributed by atoms with van der Waals surface area (Å²) in [7, 11) is 0. The molecule has 0 saturated heterocycles. The average molecular weight is 207 g/mol. The van der Waals surface area contributed by atoms with Gasteiger partial charge in [0.05, 0.1) is 0 Å². The van der Waals surface area contributed by atoms with E-state index in [9.17, 15) is 0 Å². The molecule has 0 fully saturated rings. The summed E-state index contributed by atoms with van der Waals surface area (Å²) in [6, 6.07) is 4.66. The van der Waals surface area contributed by atoms with Crippen LogP contribution in [0.25, 0.3) is 0 Å². The van der Waals surface area contributed by atoms with Gasteiger partial charge in [0, 0.05) is 38.1 Å². The third-order valence-corrected chi connectivity index (χ3v) is 2.56. The highest BCUT2D eigenvalue weighted by molar-refractivity contribution is 5.08. The largest absolute Gasteiger partial charge is 0.329 e. The molecule has 1 aromatic heterocycles. The highest BCUT2D eigenvalue weighted by Gasteiger charge is 2.07. The summed E-state index contributed by atoms with van der Waals surface area (Å²) in [5, 5.41) is 0. The number of hydrogen-bond acceptors (Lipinski definition) is 3. The van der Waals surface area contributed by atoms with E-state index >= 15 is 0 Å². The van der Waals surface area contributed by atoms with Gasteiger partial charge >= 0.3 is 0 Å². The Morgan fingerprint density at radius 2 is 2.20 bits per heavy atom. The first-order valence-electron chi connectivity index (χ1n) is 5.57. The molecule has 1 rings (SSSR count). The first-order valence-corrected chi connectivity index (χ1v) is 5.57. The number of hydrogen-bond donors (Lipinski definition) is 1. The molecule has 0 radical (unpaired) electrons. The van der Waals surface area contributed by atoms with E-state index in [1.807, 2.05) is 18.5 Å². The summed E-state index contributed by atoms with van der Waals surface area (Å²) in [6.45, 7) is 7.17. The van der Waals surface area contributed by atoms with Crippen molar-refractivity contribution < 1.29 is 0 Å². The van der Waals surface area contributed by atoms with Gasteiger partial charge in [-0.2, -0.15) is 0 Å². The monoisotopic (exact) mass is 207 g/mol. The van der Waals surface area contributed by atoms with Crippen LogP contribution in [-0.2, 0) is 6.42 Å². The molecule has 0 bridgehead atoms. The minimum absolute atomic E-state index is 0.560. The second-order valence-electron chi connectivity index (χ2n) is 4.03. The molecule has 15 heavy (non-hydrogen) atoms. The third-order valence-electron chi connectivity index (χ3n) is 2.56. The maximum Gasteiger partial charge on any atom is 0.0300 e. The van der Waals surface area contributed by atoms with Gasteiger partial charge in [-0.3, -0.25) is 9.88 Å². The van der Waals surface area contributed by atoms with Crippen molar-refractivity contribution in [1.29, 1.82) is 0 Å². The summed E-state index contributed by atoms with van der Waals surface area (Å²) in [5.41, 5.74) is 6.87. The van der Waals surface area contributed by atoms with Crippen LogP contribution in [0.15, 0.2) is 24.5 Å². The quantitative estimate of drug-likeness (QED) is 0.764. The van der Waals surface area contributed by atoms with E-state index < -0.39 is 0 Å². The lowest BCUT2D eigenvalue weighted by molar-refractivity contribution is 0.231. The van der Waals surface area contributed by atoms with Crippen LogP contribution in [0.1, 0.15) is 19.4 Å². The minimum atomic E-state index is 0.560. The molecule has 2 N–H and O–H groups in total. The van der Waals surface area contributed by atoms with E-state index in [1.165, 1.54) is 5.56 Å². The number of rotatable bonds is 6. The second kappa shape index (κ2) is 6.53. The molecule has 0 spiro atoms. The van der Waals surface area contributed by atoms with Crippen molar-refractivity contribution in [3.63, 3.8) is 0 Å². The molecule has 0 atom stereocenters. The lowest BCUT2D eigenvalue weighted by atomic mass is 10.2. The van der Waals surface area contributed by atoms with E-state index in [4.69, 9.17) is 5.73 Å². The Hall–Kier alpha value is -0.930. The molecule has 0 aliphatic carbocycles. The Morgan fingerprint density at radius 3 is 2.73 bits per heavy atom. The van der Waals surface area contributed by atoms with Crippen molar-refractivity contribution in [2.24, 2.45) is 5.73 Å². The van der Waals surface area contributed by atoms with Crippen molar-refractivity contribution in [3.05, 3.63) is 30.1 Å². The molecule has 1 heterocycles. The molecular weight excluding hydrogens is 186 g/mol. The van der Waals surface area contributed by atoms with Gasteiger partial charge in [-0.15, -0.1) is 0 Å². The van der Waals surface area contributed by atoms with Crippen LogP contribution >= 0.6 is 0 Å². The van der Waals surface area contributed by atoms with Crippen LogP contribution in [0, 0.1) is 0 Å². The SMILES string of the molecule is CC(C)N(CCN)CCc1cccnc1. The van der Waals surface area contributed by atoms with Crippen LogP contribution in [0.5, 0.6) is 0 Å². The van der Waals surface area contributed by atoms with Crippen LogP contribution in [-0.4, -0.2) is 35.6 Å². The highest BCUT2D eigenvalue weighted by Crippen LogP contribution is 2.02. The van der Waals surface area contributed by atoms with Crippen LogP contribution in [0.2, 0.25) is 0 Å². The Balaban J connectivity index is 2.40. The van der Waals surface area contributed by atoms with Crippen LogP contribution < -0.4 is 5.73 Å². The Labute approximate surface area is 92.3 Å². The molecular formula is C12H21N3. The van der Waals surface area contributed by atoms with E-state index in [0.717, 1.165) is 26.1 Å². The van der Waals surface area contributed by atoms with Gasteiger partial charge in [-0.05, 0) is 31.9 Å². The molecule has 3 nitrogen and oxygen atoms in total. The number of aromatic nitrogens is 1. The summed E-state index contributed by atoms with van der Waals surface area (Å²) in [4.78, 5) is 6.51. The van der Waals surface area contributed by atoms with E-state index in [2.05, 4.69) is 29.8 Å². The maximum absolute atomic E-state index is 5.58. The summed E-state index contributed by atoms with van der Waals surface area (Å²) in [5.74, 6) is 0. The number of nitrogens with two attached hydrogens (primary N) is 1. The van der Waals surface area contributed by atoms with E-state index in [0.29, 0.717) is 6.04 Å². The van der Waals surface area contributed by atoms with Gasteiger partial charge in [0.1, 0.15) is 0 Å². The standard InChI is InChI=1S/C12H21N3/c1-11(2)15(9-6-13)8-5-12-4-3-7-14-10-12/h3-4,7,10-11H,5-6,8-9,13H2,1-2H3. The topological polar surface area (TPSA) is 42.1 Å². The van der Waals surface area contributed by atoms with Crippen molar-refractivity contribution in [3.8, 4) is 0 Å². The molecule has 0 unspecified atom stereocenters. The molecule has 0 aliphatic rings. The fourth-order valence-electron chi connectivity index (χ4n) is 1.61. The summed E-state index contributed by atoms with van der Waals surface area (Å²) in [6.07, 6.45) is 4.79. The lowest BCUT2D eigenvalue weighted by Crippen LogP contribution is -2.36. The van der Waals surface area contributed by atoms with Gasteiger partial charge in [0.15, 0.2) is 0 Å². The Kier molecular flexibility index (Phi) is 5.29. The van der Waals surface area contributed by atoms with Crippen LogP contribution in [0.3, 0.4) is 0 Å². The van der Waals surface area contributed by atoms with Crippen LogP contribution in [0.4, 0.5) is 0 Å². The zero-order chi connectivity index (χ0) is 11.1. The van der Waals surface area contributed by atoms with Gasteiger partial charge in [0.2, 0.25) is 0 Å². The first-order chi connectivity index (χ1) is 7.24. The van der Waals surface area contributed by atoms with E-state index in [1.54, 1.807) is 0 Å². The smallest absolute Gasteiger partial charge is 0.0300 e. The maximum atomic E-state index is 5.58. The van der Waals surface area contributed by atoms with Crippen molar-refractivity contribution in [1.82, 2.24) is 9.88 Å². The molecule has 0 amide bonds. The van der Waals surface area contributed by atoms with Gasteiger partial charge < -0.3 is 5.73 Å². The summed E-state index contributed by atoms with van der Waals surface area (Å²) >= 11 is 0. The zero-order valence-corrected chi connectivity index (χ0v) is 9.69. The zero-order valence-electron chi connectivity index (χ0n) is 9.69. The van der Waals surface area contributed by atoms with Gasteiger partial charge in [-0.25, -0.2) is 0 Å². The highest BCUT2D eigenvalue weighted by atomic mass is 15.1. The predicted octanol–water partition coefficient (Wildman–Crippen LogP) is 1.29. The third kappa shape index (κ3) is 4.40. The lowest BCUT2D eigenvalue weighted by Gasteiger charge is -2.25. The van der Waals surface area contributed by atoms with Crippen molar-refractivity contribution >= 4 is 0 Å². The van der Waals surface area contributed by atoms with Gasteiger partial charge in [-0.1, -0.05) is 6.07 Å². The Morgan fingerprint density at radius 1 is 1.40 bits per heavy atom. The summed E-state index contributed by atoms with van der Waals surface area (Å²) < 4.78 is 0.